The van der Waals surface area contributed by atoms with Crippen LogP contribution >= 0.6 is 11.3 Å². The number of rotatable bonds is 3. The molecule has 0 bridgehead atoms. The van der Waals surface area contributed by atoms with Crippen LogP contribution in [0, 0.1) is 20.8 Å². The molecule has 1 aromatic carbocycles. The lowest BCUT2D eigenvalue weighted by Gasteiger charge is -2.06. The standard InChI is InChI=1S/C18H16N4O2S/c1-10-4-5-13(6-11(10)2)14-8-25-17-16(14)18(23)22(9-19-17)7-15-20-12(3)21-24-15/h4-6,8-9H,7H2,1-3H3. The molecule has 0 aliphatic carbocycles. The molecule has 0 spiro atoms. The summed E-state index contributed by atoms with van der Waals surface area (Å²) in [5.41, 5.74) is 4.26. The largest absolute Gasteiger partial charge is 0.337 e. The molecule has 0 atom stereocenters. The number of thiophene rings is 1. The second-order valence-electron chi connectivity index (χ2n) is 6.04. The highest BCUT2D eigenvalue weighted by Gasteiger charge is 2.15. The van der Waals surface area contributed by atoms with Gasteiger partial charge in [0.2, 0.25) is 5.89 Å². The highest BCUT2D eigenvalue weighted by molar-refractivity contribution is 7.17. The molecule has 4 aromatic rings. The smallest absolute Gasteiger partial charge is 0.263 e. The number of fused-ring (bicyclic) bond motifs is 1. The number of aryl methyl sites for hydroxylation is 3. The van der Waals surface area contributed by atoms with E-state index in [1.807, 2.05) is 11.4 Å². The summed E-state index contributed by atoms with van der Waals surface area (Å²) in [4.78, 5) is 22.3. The minimum atomic E-state index is -0.102. The van der Waals surface area contributed by atoms with E-state index in [0.29, 0.717) is 17.1 Å². The maximum Gasteiger partial charge on any atom is 0.263 e. The monoisotopic (exact) mass is 352 g/mol. The molecule has 0 aliphatic heterocycles. The maximum atomic E-state index is 13.0. The maximum absolute atomic E-state index is 13.0. The van der Waals surface area contributed by atoms with Gasteiger partial charge >= 0.3 is 0 Å². The van der Waals surface area contributed by atoms with E-state index in [1.165, 1.54) is 33.4 Å². The van der Waals surface area contributed by atoms with Crippen LogP contribution in [0.5, 0.6) is 0 Å². The summed E-state index contributed by atoms with van der Waals surface area (Å²) < 4.78 is 6.62. The first-order chi connectivity index (χ1) is 12.0. The molecule has 3 aromatic heterocycles. The van der Waals surface area contributed by atoms with Crippen LogP contribution in [-0.2, 0) is 6.54 Å². The summed E-state index contributed by atoms with van der Waals surface area (Å²) >= 11 is 1.48. The van der Waals surface area contributed by atoms with Gasteiger partial charge in [0.15, 0.2) is 5.82 Å². The quantitative estimate of drug-likeness (QED) is 0.564. The lowest BCUT2D eigenvalue weighted by atomic mass is 10.0. The average Bonchev–Trinajstić information content (AvgIpc) is 3.19. The molecular weight excluding hydrogens is 336 g/mol. The fourth-order valence-electron chi connectivity index (χ4n) is 2.75. The first-order valence-corrected chi connectivity index (χ1v) is 8.74. The second-order valence-corrected chi connectivity index (χ2v) is 6.90. The van der Waals surface area contributed by atoms with Crippen molar-refractivity contribution in [1.82, 2.24) is 19.7 Å². The van der Waals surface area contributed by atoms with Crippen LogP contribution < -0.4 is 5.56 Å². The normalized spacial score (nSPS) is 11.3. The Morgan fingerprint density at radius 1 is 1.20 bits per heavy atom. The summed E-state index contributed by atoms with van der Waals surface area (Å²) in [5, 5.41) is 6.38. The Bertz CT molecular complexity index is 1140. The molecule has 0 radical (unpaired) electrons. The molecule has 4 rings (SSSR count). The Morgan fingerprint density at radius 3 is 2.76 bits per heavy atom. The predicted octanol–water partition coefficient (Wildman–Crippen LogP) is 3.48. The summed E-state index contributed by atoms with van der Waals surface area (Å²) in [6.07, 6.45) is 1.53. The average molecular weight is 352 g/mol. The number of hydrogen-bond acceptors (Lipinski definition) is 6. The van der Waals surface area contributed by atoms with Crippen LogP contribution in [0.3, 0.4) is 0 Å². The zero-order valence-electron chi connectivity index (χ0n) is 14.1. The van der Waals surface area contributed by atoms with Crippen molar-refractivity contribution >= 4 is 21.6 Å². The van der Waals surface area contributed by atoms with Crippen molar-refractivity contribution in [1.29, 1.82) is 0 Å². The third-order valence-corrected chi connectivity index (χ3v) is 5.14. The molecule has 0 saturated heterocycles. The van der Waals surface area contributed by atoms with Crippen molar-refractivity contribution in [3.8, 4) is 11.1 Å². The third kappa shape index (κ3) is 2.76. The zero-order valence-corrected chi connectivity index (χ0v) is 14.9. The summed E-state index contributed by atoms with van der Waals surface area (Å²) in [7, 11) is 0. The van der Waals surface area contributed by atoms with Gasteiger partial charge in [0, 0.05) is 10.9 Å². The van der Waals surface area contributed by atoms with Gasteiger partial charge in [0.25, 0.3) is 5.56 Å². The molecule has 7 heteroatoms. The lowest BCUT2D eigenvalue weighted by Crippen LogP contribution is -2.21. The van der Waals surface area contributed by atoms with Gasteiger partial charge in [0.1, 0.15) is 11.4 Å². The van der Waals surface area contributed by atoms with E-state index in [0.717, 1.165) is 16.0 Å². The highest BCUT2D eigenvalue weighted by Crippen LogP contribution is 2.31. The minimum Gasteiger partial charge on any atom is -0.337 e. The number of nitrogens with zero attached hydrogens (tertiary/aromatic N) is 4. The van der Waals surface area contributed by atoms with Gasteiger partial charge in [-0.1, -0.05) is 23.4 Å². The predicted molar refractivity (Wildman–Crippen MR) is 96.9 cm³/mol. The summed E-state index contributed by atoms with van der Waals surface area (Å²) in [6.45, 7) is 6.10. The molecule has 0 fully saturated rings. The number of hydrogen-bond donors (Lipinski definition) is 0. The SMILES string of the molecule is Cc1noc(Cn2cnc3scc(-c4ccc(C)c(C)c4)c3c2=O)n1. The molecule has 3 heterocycles. The Labute approximate surface area is 147 Å². The summed E-state index contributed by atoms with van der Waals surface area (Å²) in [5.74, 6) is 0.937. The van der Waals surface area contributed by atoms with Crippen molar-refractivity contribution in [2.45, 2.75) is 27.3 Å². The second kappa shape index (κ2) is 5.93. The van der Waals surface area contributed by atoms with E-state index < -0.39 is 0 Å². The van der Waals surface area contributed by atoms with E-state index in [1.54, 1.807) is 6.92 Å². The molecule has 0 aliphatic rings. The van der Waals surface area contributed by atoms with E-state index in [4.69, 9.17) is 4.52 Å². The van der Waals surface area contributed by atoms with Crippen LogP contribution in [0.25, 0.3) is 21.3 Å². The first kappa shape index (κ1) is 15.7. The molecule has 0 amide bonds. The van der Waals surface area contributed by atoms with E-state index in [-0.39, 0.29) is 12.1 Å². The minimum absolute atomic E-state index is 0.102. The topological polar surface area (TPSA) is 73.8 Å². The third-order valence-electron chi connectivity index (χ3n) is 4.25. The number of benzene rings is 1. The number of aromatic nitrogens is 4. The van der Waals surface area contributed by atoms with Gasteiger partial charge in [-0.25, -0.2) is 4.98 Å². The Balaban J connectivity index is 1.85. The van der Waals surface area contributed by atoms with Gasteiger partial charge in [0.05, 0.1) is 11.7 Å². The van der Waals surface area contributed by atoms with Gasteiger partial charge in [-0.2, -0.15) is 4.98 Å². The van der Waals surface area contributed by atoms with Crippen molar-refractivity contribution in [3.63, 3.8) is 0 Å². The van der Waals surface area contributed by atoms with Crippen molar-refractivity contribution in [2.24, 2.45) is 0 Å². The molecule has 6 nitrogen and oxygen atoms in total. The van der Waals surface area contributed by atoms with E-state index in [9.17, 15) is 4.79 Å². The Hall–Kier alpha value is -2.80. The molecular formula is C18H16N4O2S. The van der Waals surface area contributed by atoms with Crippen LogP contribution in [0.1, 0.15) is 22.8 Å². The van der Waals surface area contributed by atoms with Crippen molar-refractivity contribution in [2.75, 3.05) is 0 Å². The van der Waals surface area contributed by atoms with Crippen LogP contribution in [0.15, 0.2) is 39.2 Å². The van der Waals surface area contributed by atoms with Gasteiger partial charge in [-0.15, -0.1) is 11.3 Å². The van der Waals surface area contributed by atoms with E-state index >= 15 is 0 Å². The van der Waals surface area contributed by atoms with Gasteiger partial charge < -0.3 is 4.52 Å². The Morgan fingerprint density at radius 2 is 2.04 bits per heavy atom. The highest BCUT2D eigenvalue weighted by atomic mass is 32.1. The molecule has 126 valence electrons. The van der Waals surface area contributed by atoms with Gasteiger partial charge in [-0.3, -0.25) is 9.36 Å². The molecule has 0 saturated carbocycles. The van der Waals surface area contributed by atoms with Gasteiger partial charge in [-0.05, 0) is 37.5 Å². The van der Waals surface area contributed by atoms with Crippen molar-refractivity contribution < 1.29 is 4.52 Å². The molecule has 25 heavy (non-hydrogen) atoms. The van der Waals surface area contributed by atoms with Crippen LogP contribution in [0.2, 0.25) is 0 Å². The van der Waals surface area contributed by atoms with E-state index in [2.05, 4.69) is 41.1 Å². The van der Waals surface area contributed by atoms with Crippen LogP contribution in [0.4, 0.5) is 0 Å². The Kier molecular flexibility index (Phi) is 3.73. The fourth-order valence-corrected chi connectivity index (χ4v) is 3.66. The van der Waals surface area contributed by atoms with Crippen molar-refractivity contribution in [3.05, 3.63) is 63.1 Å². The lowest BCUT2D eigenvalue weighted by molar-refractivity contribution is 0.366. The fraction of sp³-hybridized carbons (Fsp3) is 0.222. The zero-order chi connectivity index (χ0) is 17.6. The molecule has 0 N–H and O–H groups in total. The first-order valence-electron chi connectivity index (χ1n) is 7.86. The summed E-state index contributed by atoms with van der Waals surface area (Å²) in [6, 6.07) is 6.22. The van der Waals surface area contributed by atoms with Crippen LogP contribution in [-0.4, -0.2) is 19.7 Å². The molecule has 0 unspecified atom stereocenters.